The number of para-hydroxylation sites is 1. The molecule has 0 saturated carbocycles. The maximum atomic E-state index is 12.1. The fourth-order valence-corrected chi connectivity index (χ4v) is 5.14. The maximum absolute atomic E-state index is 12.1. The van der Waals surface area contributed by atoms with Crippen molar-refractivity contribution in [2.24, 2.45) is 0 Å². The number of benzene rings is 2. The van der Waals surface area contributed by atoms with E-state index in [1.54, 1.807) is 24.0 Å². The van der Waals surface area contributed by atoms with Crippen molar-refractivity contribution >= 4 is 31.4 Å². The van der Waals surface area contributed by atoms with Crippen LogP contribution in [0.15, 0.2) is 66.1 Å². The third-order valence-corrected chi connectivity index (χ3v) is 6.64. The molecule has 0 aliphatic carbocycles. The third-order valence-electron chi connectivity index (χ3n) is 3.21. The molecule has 0 spiro atoms. The molecule has 0 unspecified atom stereocenters. The Kier molecular flexibility index (Phi) is 7.75. The van der Waals surface area contributed by atoms with Crippen molar-refractivity contribution in [3.63, 3.8) is 0 Å². The highest BCUT2D eigenvalue weighted by atomic mass is 33.1. The fraction of sp³-hybridized carbons (Fsp3) is 0.222. The highest BCUT2D eigenvalue weighted by Crippen LogP contribution is 2.30. The van der Waals surface area contributed by atoms with Gasteiger partial charge in [0.15, 0.2) is 9.84 Å². The molecule has 3 nitrogen and oxygen atoms in total. The molecule has 0 amide bonds. The monoisotopic (exact) mass is 380 g/mol. The summed E-state index contributed by atoms with van der Waals surface area (Å²) in [5, 5.41) is 1.84. The molecular formula is C18H20O3S3. The Balaban J connectivity index is 1.74. The largest absolute Gasteiger partial charge is 0.496 e. The van der Waals surface area contributed by atoms with E-state index < -0.39 is 9.84 Å². The van der Waals surface area contributed by atoms with Crippen LogP contribution in [0.2, 0.25) is 0 Å². The first-order valence-electron chi connectivity index (χ1n) is 7.40. The van der Waals surface area contributed by atoms with Crippen LogP contribution in [-0.2, 0) is 21.3 Å². The smallest absolute Gasteiger partial charge is 0.158 e. The van der Waals surface area contributed by atoms with Crippen LogP contribution in [-0.4, -0.2) is 21.3 Å². The highest BCUT2D eigenvalue weighted by Gasteiger charge is 2.09. The van der Waals surface area contributed by atoms with Crippen LogP contribution in [0.1, 0.15) is 11.1 Å². The summed E-state index contributed by atoms with van der Waals surface area (Å²) in [4.78, 5) is 0. The lowest BCUT2D eigenvalue weighted by Crippen LogP contribution is -2.07. The van der Waals surface area contributed by atoms with E-state index in [-0.39, 0.29) is 11.5 Å². The lowest BCUT2D eigenvalue weighted by Gasteiger charge is -2.06. The number of hydrogen-bond donors (Lipinski definition) is 0. The van der Waals surface area contributed by atoms with Gasteiger partial charge in [0.25, 0.3) is 0 Å². The van der Waals surface area contributed by atoms with Gasteiger partial charge >= 0.3 is 0 Å². The summed E-state index contributed by atoms with van der Waals surface area (Å²) in [6.07, 6.45) is 1.71. The van der Waals surface area contributed by atoms with E-state index >= 15 is 0 Å². The maximum Gasteiger partial charge on any atom is 0.158 e. The van der Waals surface area contributed by atoms with Crippen LogP contribution < -0.4 is 4.74 Å². The molecule has 0 radical (unpaired) electrons. The van der Waals surface area contributed by atoms with E-state index in [4.69, 9.17) is 4.74 Å². The van der Waals surface area contributed by atoms with Gasteiger partial charge in [0.05, 0.1) is 18.6 Å². The molecule has 0 aliphatic heterocycles. The Bertz CT molecular complexity index is 756. The minimum Gasteiger partial charge on any atom is -0.496 e. The summed E-state index contributed by atoms with van der Waals surface area (Å²) in [6.45, 7) is 0. The summed E-state index contributed by atoms with van der Waals surface area (Å²) < 4.78 is 29.4. The van der Waals surface area contributed by atoms with Crippen molar-refractivity contribution in [2.75, 3.05) is 12.9 Å². The van der Waals surface area contributed by atoms with Crippen LogP contribution in [0.4, 0.5) is 0 Å². The molecular weight excluding hydrogens is 360 g/mol. The number of methoxy groups -OCH3 is 1. The Morgan fingerprint density at radius 1 is 1.04 bits per heavy atom. The molecule has 2 aromatic carbocycles. The Hall–Kier alpha value is -1.37. The first-order valence-corrected chi connectivity index (χ1v) is 11.6. The highest BCUT2D eigenvalue weighted by molar-refractivity contribution is 8.77. The van der Waals surface area contributed by atoms with E-state index in [1.165, 1.54) is 10.8 Å². The van der Waals surface area contributed by atoms with Crippen molar-refractivity contribution in [3.8, 4) is 5.75 Å². The van der Waals surface area contributed by atoms with Crippen molar-refractivity contribution in [2.45, 2.75) is 11.5 Å². The Morgan fingerprint density at radius 2 is 1.75 bits per heavy atom. The molecule has 0 saturated heterocycles. The van der Waals surface area contributed by atoms with Gasteiger partial charge in [-0.3, -0.25) is 0 Å². The van der Waals surface area contributed by atoms with Gasteiger partial charge < -0.3 is 4.74 Å². The molecule has 24 heavy (non-hydrogen) atoms. The summed E-state index contributed by atoms with van der Waals surface area (Å²) >= 11 is 0. The van der Waals surface area contributed by atoms with E-state index in [0.29, 0.717) is 0 Å². The topological polar surface area (TPSA) is 43.4 Å². The van der Waals surface area contributed by atoms with Gasteiger partial charge in [0.1, 0.15) is 5.75 Å². The third kappa shape index (κ3) is 6.63. The molecule has 0 aromatic heterocycles. The predicted octanol–water partition coefficient (Wildman–Crippen LogP) is 4.71. The lowest BCUT2D eigenvalue weighted by molar-refractivity contribution is 0.411. The second-order valence-electron chi connectivity index (χ2n) is 5.08. The molecule has 0 atom stereocenters. The van der Waals surface area contributed by atoms with Crippen molar-refractivity contribution in [1.29, 1.82) is 0 Å². The molecule has 128 valence electrons. The molecule has 0 N–H and O–H groups in total. The van der Waals surface area contributed by atoms with Crippen LogP contribution in [0.3, 0.4) is 0 Å². The van der Waals surface area contributed by atoms with Gasteiger partial charge in [0.2, 0.25) is 0 Å². The predicted molar refractivity (Wildman–Crippen MR) is 105 cm³/mol. The summed E-state index contributed by atoms with van der Waals surface area (Å²) in [7, 11) is 1.72. The van der Waals surface area contributed by atoms with Gasteiger partial charge in [-0.15, -0.1) is 0 Å². The molecule has 2 rings (SSSR count). The second kappa shape index (κ2) is 9.81. The van der Waals surface area contributed by atoms with Crippen molar-refractivity contribution in [1.82, 2.24) is 0 Å². The standard InChI is InChI=1S/C18H20O3S3/c1-21-18-11-6-5-10-17(18)14-23-22-12-7-13-24(19,20)15-16-8-3-2-4-9-16/h2-12H,13-15H2,1H3. The SMILES string of the molecule is COc1ccccc1CSSC=CCS(=O)(=O)Cc1ccccc1. The second-order valence-corrected chi connectivity index (χ2v) is 9.46. The number of ether oxygens (including phenoxy) is 1. The normalized spacial score (nSPS) is 11.7. The number of sulfone groups is 1. The molecule has 2 aromatic rings. The molecule has 0 aliphatic rings. The van der Waals surface area contributed by atoms with Gasteiger partial charge in [0, 0.05) is 11.3 Å². The summed E-state index contributed by atoms with van der Waals surface area (Å²) in [5.74, 6) is 1.82. The zero-order valence-corrected chi connectivity index (χ0v) is 15.9. The quantitative estimate of drug-likeness (QED) is 0.466. The van der Waals surface area contributed by atoms with Crippen LogP contribution in [0.5, 0.6) is 5.75 Å². The van der Waals surface area contributed by atoms with Crippen LogP contribution in [0.25, 0.3) is 0 Å². The van der Waals surface area contributed by atoms with Crippen LogP contribution >= 0.6 is 21.6 Å². The fourth-order valence-electron chi connectivity index (χ4n) is 2.07. The van der Waals surface area contributed by atoms with Crippen molar-refractivity contribution in [3.05, 3.63) is 77.2 Å². The van der Waals surface area contributed by atoms with E-state index in [9.17, 15) is 8.42 Å². The number of hydrogen-bond acceptors (Lipinski definition) is 5. The Morgan fingerprint density at radius 3 is 2.50 bits per heavy atom. The number of rotatable bonds is 9. The lowest BCUT2D eigenvalue weighted by atomic mass is 10.2. The van der Waals surface area contributed by atoms with Crippen molar-refractivity contribution < 1.29 is 13.2 Å². The van der Waals surface area contributed by atoms with E-state index in [2.05, 4.69) is 0 Å². The minimum atomic E-state index is -3.11. The molecule has 0 fully saturated rings. The van der Waals surface area contributed by atoms with E-state index in [1.807, 2.05) is 60.0 Å². The van der Waals surface area contributed by atoms with E-state index in [0.717, 1.165) is 22.6 Å². The zero-order chi connectivity index (χ0) is 17.3. The molecule has 0 bridgehead atoms. The van der Waals surface area contributed by atoms with Crippen LogP contribution in [0, 0.1) is 0 Å². The zero-order valence-electron chi connectivity index (χ0n) is 13.4. The first-order chi connectivity index (χ1) is 11.6. The summed E-state index contributed by atoms with van der Waals surface area (Å²) in [5.41, 5.74) is 1.95. The molecule has 0 heterocycles. The van der Waals surface area contributed by atoms with Gasteiger partial charge in [-0.1, -0.05) is 76.2 Å². The average molecular weight is 381 g/mol. The minimum absolute atomic E-state index is 0.0596. The summed E-state index contributed by atoms with van der Waals surface area (Å²) in [6, 6.07) is 17.1. The average Bonchev–Trinajstić information content (AvgIpc) is 2.58. The van der Waals surface area contributed by atoms with Gasteiger partial charge in [-0.2, -0.15) is 0 Å². The first kappa shape index (κ1) is 19.0. The molecule has 6 heteroatoms. The Labute approximate surface area is 151 Å². The van der Waals surface area contributed by atoms with Gasteiger partial charge in [-0.05, 0) is 17.0 Å². The van der Waals surface area contributed by atoms with Gasteiger partial charge in [-0.25, -0.2) is 8.42 Å².